The van der Waals surface area contributed by atoms with Crippen molar-refractivity contribution in [3.8, 4) is 0 Å². The molecule has 0 aliphatic rings. The quantitative estimate of drug-likeness (QED) is 0.666. The number of nitro groups is 1. The van der Waals surface area contributed by atoms with E-state index < -0.39 is 14.9 Å². The fourth-order valence-electron chi connectivity index (χ4n) is 1.23. The molecule has 0 saturated heterocycles. The monoisotopic (exact) mass is 292 g/mol. The van der Waals surface area contributed by atoms with Crippen LogP contribution in [0.3, 0.4) is 0 Å². The third-order valence-electron chi connectivity index (χ3n) is 2.38. The zero-order valence-corrected chi connectivity index (χ0v) is 11.5. The molecule has 1 aromatic rings. The van der Waals surface area contributed by atoms with Crippen LogP contribution < -0.4 is 4.72 Å². The second kappa shape index (κ2) is 5.64. The average molecular weight is 293 g/mol. The van der Waals surface area contributed by atoms with Gasteiger partial charge in [0.05, 0.1) is 9.95 Å². The third kappa shape index (κ3) is 3.41. The van der Waals surface area contributed by atoms with Crippen molar-refractivity contribution in [3.05, 3.63) is 33.3 Å². The summed E-state index contributed by atoms with van der Waals surface area (Å²) < 4.78 is 26.3. The molecule has 0 bridgehead atoms. The molecule has 0 amide bonds. The largest absolute Gasteiger partial charge is 0.271 e. The summed E-state index contributed by atoms with van der Waals surface area (Å²) in [6.45, 7) is 3.56. The van der Waals surface area contributed by atoms with Crippen molar-refractivity contribution in [2.45, 2.75) is 31.2 Å². The summed E-state index contributed by atoms with van der Waals surface area (Å²) in [5, 5.41) is 10.4. The molecule has 0 aliphatic heterocycles. The van der Waals surface area contributed by atoms with Crippen molar-refractivity contribution < 1.29 is 13.3 Å². The van der Waals surface area contributed by atoms with E-state index in [0.717, 1.165) is 18.2 Å². The smallest absolute Gasteiger partial charge is 0.258 e. The highest BCUT2D eigenvalue weighted by Crippen LogP contribution is 2.26. The van der Waals surface area contributed by atoms with E-state index in [0.29, 0.717) is 6.42 Å². The molecule has 0 spiro atoms. The van der Waals surface area contributed by atoms with Crippen LogP contribution in [0.25, 0.3) is 0 Å². The minimum atomic E-state index is -3.75. The van der Waals surface area contributed by atoms with E-state index in [1.54, 1.807) is 6.92 Å². The Morgan fingerprint density at radius 3 is 2.56 bits per heavy atom. The number of hydrogen-bond donors (Lipinski definition) is 1. The van der Waals surface area contributed by atoms with Crippen LogP contribution in [0.1, 0.15) is 20.3 Å². The third-order valence-corrected chi connectivity index (χ3v) is 4.46. The van der Waals surface area contributed by atoms with Gasteiger partial charge in [-0.2, -0.15) is 0 Å². The number of benzene rings is 1. The lowest BCUT2D eigenvalue weighted by Crippen LogP contribution is -2.32. The van der Waals surface area contributed by atoms with Gasteiger partial charge in [0.15, 0.2) is 0 Å². The van der Waals surface area contributed by atoms with Crippen molar-refractivity contribution in [1.29, 1.82) is 0 Å². The Balaban J connectivity index is 3.14. The fraction of sp³-hybridized carbons (Fsp3) is 0.400. The van der Waals surface area contributed by atoms with Gasteiger partial charge in [0.2, 0.25) is 10.0 Å². The lowest BCUT2D eigenvalue weighted by molar-refractivity contribution is -0.384. The predicted molar refractivity (Wildman–Crippen MR) is 68.2 cm³/mol. The molecule has 1 atom stereocenters. The van der Waals surface area contributed by atoms with E-state index >= 15 is 0 Å². The number of rotatable bonds is 5. The van der Waals surface area contributed by atoms with Gasteiger partial charge >= 0.3 is 0 Å². The SMILES string of the molecule is CCC(C)NS(=O)(=O)c1ccc([N+](=O)[O-])cc1Cl. The van der Waals surface area contributed by atoms with E-state index in [4.69, 9.17) is 11.6 Å². The first kappa shape index (κ1) is 14.9. The standard InChI is InChI=1S/C10H13ClN2O4S/c1-3-7(2)12-18(16,17)10-5-4-8(13(14)15)6-9(10)11/h4-7,12H,3H2,1-2H3. The maximum atomic E-state index is 11.9. The zero-order chi connectivity index (χ0) is 13.9. The predicted octanol–water partition coefficient (Wildman–Crippen LogP) is 2.33. The molecule has 18 heavy (non-hydrogen) atoms. The highest BCUT2D eigenvalue weighted by Gasteiger charge is 2.21. The van der Waals surface area contributed by atoms with Crippen LogP contribution >= 0.6 is 11.6 Å². The first-order valence-electron chi connectivity index (χ1n) is 5.24. The summed E-state index contributed by atoms with van der Waals surface area (Å²) in [6.07, 6.45) is 0.629. The van der Waals surface area contributed by atoms with Crippen molar-refractivity contribution in [1.82, 2.24) is 4.72 Å². The van der Waals surface area contributed by atoms with Gasteiger partial charge in [-0.1, -0.05) is 18.5 Å². The van der Waals surface area contributed by atoms with Gasteiger partial charge in [0.1, 0.15) is 4.90 Å². The van der Waals surface area contributed by atoms with Crippen LogP contribution in [0.15, 0.2) is 23.1 Å². The van der Waals surface area contributed by atoms with E-state index in [9.17, 15) is 18.5 Å². The molecular weight excluding hydrogens is 280 g/mol. The van der Waals surface area contributed by atoms with Crippen LogP contribution in [0.5, 0.6) is 0 Å². The number of sulfonamides is 1. The lowest BCUT2D eigenvalue weighted by atomic mass is 10.3. The van der Waals surface area contributed by atoms with E-state index in [2.05, 4.69) is 4.72 Å². The van der Waals surface area contributed by atoms with Crippen molar-refractivity contribution in [2.24, 2.45) is 0 Å². The van der Waals surface area contributed by atoms with Gasteiger partial charge in [-0.05, 0) is 19.4 Å². The second-order valence-electron chi connectivity index (χ2n) is 3.80. The first-order valence-corrected chi connectivity index (χ1v) is 7.10. The molecule has 0 fully saturated rings. The molecular formula is C10H13ClN2O4S. The Morgan fingerprint density at radius 2 is 2.11 bits per heavy atom. The van der Waals surface area contributed by atoms with Crippen LogP contribution in [0, 0.1) is 10.1 Å². The van der Waals surface area contributed by atoms with E-state index in [-0.39, 0.29) is 21.6 Å². The minimum absolute atomic E-state index is 0.157. The fourth-order valence-corrected chi connectivity index (χ4v) is 3.10. The van der Waals surface area contributed by atoms with E-state index in [1.807, 2.05) is 6.92 Å². The van der Waals surface area contributed by atoms with Crippen LogP contribution in [-0.4, -0.2) is 19.4 Å². The van der Waals surface area contributed by atoms with Gasteiger partial charge in [-0.25, -0.2) is 13.1 Å². The van der Waals surface area contributed by atoms with Crippen molar-refractivity contribution in [3.63, 3.8) is 0 Å². The molecule has 0 aliphatic carbocycles. The Kier molecular flexibility index (Phi) is 4.66. The van der Waals surface area contributed by atoms with Crippen LogP contribution in [0.2, 0.25) is 5.02 Å². The normalized spacial score (nSPS) is 13.3. The lowest BCUT2D eigenvalue weighted by Gasteiger charge is -2.12. The molecule has 100 valence electrons. The summed E-state index contributed by atoms with van der Waals surface area (Å²) in [7, 11) is -3.75. The van der Waals surface area contributed by atoms with Gasteiger partial charge in [0, 0.05) is 18.2 Å². The van der Waals surface area contributed by atoms with Gasteiger partial charge in [0.25, 0.3) is 5.69 Å². The summed E-state index contributed by atoms with van der Waals surface area (Å²) in [4.78, 5) is 9.73. The summed E-state index contributed by atoms with van der Waals surface area (Å²) >= 11 is 5.76. The van der Waals surface area contributed by atoms with Gasteiger partial charge in [-0.3, -0.25) is 10.1 Å². The van der Waals surface area contributed by atoms with Crippen LogP contribution in [-0.2, 0) is 10.0 Å². The maximum absolute atomic E-state index is 11.9. The number of nitrogens with zero attached hydrogens (tertiary/aromatic N) is 1. The molecule has 1 rings (SSSR count). The molecule has 6 nitrogen and oxygen atoms in total. The molecule has 0 radical (unpaired) electrons. The summed E-state index contributed by atoms with van der Waals surface area (Å²) in [6, 6.07) is 3.02. The maximum Gasteiger partial charge on any atom is 0.271 e. The zero-order valence-electron chi connectivity index (χ0n) is 9.88. The van der Waals surface area contributed by atoms with Crippen molar-refractivity contribution in [2.75, 3.05) is 0 Å². The van der Waals surface area contributed by atoms with E-state index in [1.165, 1.54) is 0 Å². The average Bonchev–Trinajstić information content (AvgIpc) is 2.27. The molecule has 1 unspecified atom stereocenters. The molecule has 0 aromatic heterocycles. The number of hydrogen-bond acceptors (Lipinski definition) is 4. The summed E-state index contributed by atoms with van der Waals surface area (Å²) in [5.74, 6) is 0. The number of nitro benzene ring substituents is 1. The van der Waals surface area contributed by atoms with Gasteiger partial charge in [-0.15, -0.1) is 0 Å². The molecule has 0 saturated carbocycles. The molecule has 0 heterocycles. The topological polar surface area (TPSA) is 89.3 Å². The molecule has 1 aromatic carbocycles. The number of halogens is 1. The minimum Gasteiger partial charge on any atom is -0.258 e. The first-order chi connectivity index (χ1) is 8.27. The summed E-state index contributed by atoms with van der Waals surface area (Å²) in [5.41, 5.74) is -0.248. The number of non-ortho nitro benzene ring substituents is 1. The highest BCUT2D eigenvalue weighted by atomic mass is 35.5. The Labute approximate surface area is 110 Å². The molecule has 8 heteroatoms. The molecule has 1 N–H and O–H groups in total. The number of nitrogens with one attached hydrogen (secondary N) is 1. The highest BCUT2D eigenvalue weighted by molar-refractivity contribution is 7.89. The van der Waals surface area contributed by atoms with Crippen molar-refractivity contribution >= 4 is 27.3 Å². The van der Waals surface area contributed by atoms with Gasteiger partial charge < -0.3 is 0 Å². The van der Waals surface area contributed by atoms with Crippen LogP contribution in [0.4, 0.5) is 5.69 Å². The Hall–Kier alpha value is -1.18. The Morgan fingerprint density at radius 1 is 1.50 bits per heavy atom. The Bertz CT molecular complexity index is 559. The second-order valence-corrected chi connectivity index (χ2v) is 5.89.